The zero-order valence-electron chi connectivity index (χ0n) is 11.7. The topological polar surface area (TPSA) is 61.4 Å². The molecule has 21 heavy (non-hydrogen) atoms. The molecule has 4 nitrogen and oxygen atoms in total. The van der Waals surface area contributed by atoms with E-state index in [0.717, 1.165) is 11.3 Å². The predicted molar refractivity (Wildman–Crippen MR) is 84.4 cm³/mol. The summed E-state index contributed by atoms with van der Waals surface area (Å²) in [6, 6.07) is 14.4. The molecule has 0 spiro atoms. The highest BCUT2D eigenvalue weighted by atomic mass is 16.3. The maximum absolute atomic E-state index is 11.7. The minimum Gasteiger partial charge on any atom is -0.508 e. The van der Waals surface area contributed by atoms with Gasteiger partial charge in [0.2, 0.25) is 0 Å². The van der Waals surface area contributed by atoms with Gasteiger partial charge in [-0.25, -0.2) is 0 Å². The van der Waals surface area contributed by atoms with Crippen molar-refractivity contribution in [2.24, 2.45) is 0 Å². The highest BCUT2D eigenvalue weighted by Crippen LogP contribution is 2.17. The molecule has 0 atom stereocenters. The summed E-state index contributed by atoms with van der Waals surface area (Å²) >= 11 is 0. The summed E-state index contributed by atoms with van der Waals surface area (Å²) in [6.07, 6.45) is 1.64. The lowest BCUT2D eigenvalue weighted by molar-refractivity contribution is 0.0958. The zero-order valence-corrected chi connectivity index (χ0v) is 11.7. The van der Waals surface area contributed by atoms with Crippen LogP contribution in [0.4, 0.5) is 5.69 Å². The van der Waals surface area contributed by atoms with Gasteiger partial charge in [0.1, 0.15) is 5.75 Å². The smallest absolute Gasteiger partial charge is 0.251 e. The molecule has 3 N–H and O–H groups in total. The van der Waals surface area contributed by atoms with E-state index in [4.69, 9.17) is 0 Å². The van der Waals surface area contributed by atoms with Crippen LogP contribution in [0.3, 0.4) is 0 Å². The number of carbonyl (C=O) groups excluding carboxylic acids is 1. The van der Waals surface area contributed by atoms with Crippen molar-refractivity contribution < 1.29 is 9.90 Å². The molecule has 4 heteroatoms. The average molecular weight is 282 g/mol. The molecular formula is C17H18N2O2. The lowest BCUT2D eigenvalue weighted by Crippen LogP contribution is -2.23. The number of anilines is 1. The summed E-state index contributed by atoms with van der Waals surface area (Å²) in [5.41, 5.74) is 2.31. The van der Waals surface area contributed by atoms with E-state index in [1.54, 1.807) is 30.3 Å². The van der Waals surface area contributed by atoms with Gasteiger partial charge in [-0.3, -0.25) is 4.79 Å². The number of amides is 1. The van der Waals surface area contributed by atoms with Gasteiger partial charge in [0.05, 0.1) is 0 Å². The number of carbonyl (C=O) groups is 1. The molecule has 0 radical (unpaired) electrons. The lowest BCUT2D eigenvalue weighted by Gasteiger charge is -2.09. The normalized spacial score (nSPS) is 9.90. The van der Waals surface area contributed by atoms with Crippen LogP contribution in [-0.2, 0) is 6.54 Å². The zero-order chi connectivity index (χ0) is 15.1. The molecule has 108 valence electrons. The summed E-state index contributed by atoms with van der Waals surface area (Å²) in [4.78, 5) is 11.7. The largest absolute Gasteiger partial charge is 0.508 e. The second-order valence-corrected chi connectivity index (χ2v) is 4.56. The minimum atomic E-state index is -0.123. The molecule has 2 rings (SSSR count). The quantitative estimate of drug-likeness (QED) is 0.714. The number of hydrogen-bond acceptors (Lipinski definition) is 3. The molecule has 0 aromatic heterocycles. The van der Waals surface area contributed by atoms with Gasteiger partial charge >= 0.3 is 0 Å². The van der Waals surface area contributed by atoms with Crippen LogP contribution in [0.1, 0.15) is 15.9 Å². The lowest BCUT2D eigenvalue weighted by atomic mass is 10.1. The molecule has 2 aromatic rings. The average Bonchev–Trinajstić information content (AvgIpc) is 2.52. The Kier molecular flexibility index (Phi) is 4.99. The van der Waals surface area contributed by atoms with Gasteiger partial charge in [0, 0.05) is 29.9 Å². The molecule has 0 saturated carbocycles. The second kappa shape index (κ2) is 7.14. The first-order valence-corrected chi connectivity index (χ1v) is 6.70. The van der Waals surface area contributed by atoms with Gasteiger partial charge in [0.15, 0.2) is 0 Å². The summed E-state index contributed by atoms with van der Waals surface area (Å²) in [5.74, 6) is 0.146. The molecule has 2 aromatic carbocycles. The number of para-hydroxylation sites is 1. The van der Waals surface area contributed by atoms with E-state index in [1.165, 1.54) is 0 Å². The molecule has 0 bridgehead atoms. The summed E-state index contributed by atoms with van der Waals surface area (Å²) < 4.78 is 0. The number of nitrogens with one attached hydrogen (secondary N) is 2. The Labute approximate surface area is 124 Å². The Morgan fingerprint density at radius 1 is 1.14 bits per heavy atom. The highest BCUT2D eigenvalue weighted by Gasteiger charge is 2.04. The van der Waals surface area contributed by atoms with E-state index in [1.807, 2.05) is 24.3 Å². The third kappa shape index (κ3) is 4.11. The summed E-state index contributed by atoms with van der Waals surface area (Å²) in [5, 5.41) is 15.6. The Balaban J connectivity index is 1.95. The van der Waals surface area contributed by atoms with Crippen LogP contribution in [0.15, 0.2) is 61.2 Å². The maximum atomic E-state index is 11.7. The van der Waals surface area contributed by atoms with Crippen molar-refractivity contribution in [3.8, 4) is 5.75 Å². The Hall–Kier alpha value is -2.75. The van der Waals surface area contributed by atoms with E-state index in [-0.39, 0.29) is 11.7 Å². The van der Waals surface area contributed by atoms with Crippen molar-refractivity contribution in [2.45, 2.75) is 6.54 Å². The molecule has 0 unspecified atom stereocenters. The molecule has 0 aliphatic heterocycles. The minimum absolute atomic E-state index is 0.123. The number of rotatable bonds is 6. The fraction of sp³-hybridized carbons (Fsp3) is 0.118. The number of phenolic OH excluding ortho intramolecular Hbond substituents is 1. The van der Waals surface area contributed by atoms with Crippen LogP contribution in [-0.4, -0.2) is 17.6 Å². The number of phenols is 1. The van der Waals surface area contributed by atoms with Crippen molar-refractivity contribution in [3.05, 3.63) is 72.3 Å². The highest BCUT2D eigenvalue weighted by molar-refractivity contribution is 5.94. The number of aromatic hydroxyl groups is 1. The maximum Gasteiger partial charge on any atom is 0.251 e. The van der Waals surface area contributed by atoms with Gasteiger partial charge < -0.3 is 15.7 Å². The van der Waals surface area contributed by atoms with Gasteiger partial charge in [-0.2, -0.15) is 0 Å². The molecular weight excluding hydrogens is 264 g/mol. The van der Waals surface area contributed by atoms with Gasteiger partial charge in [-0.15, -0.1) is 6.58 Å². The molecule has 1 amide bonds. The number of hydrogen-bond donors (Lipinski definition) is 3. The van der Waals surface area contributed by atoms with Crippen molar-refractivity contribution in [1.82, 2.24) is 5.32 Å². The van der Waals surface area contributed by atoms with Crippen molar-refractivity contribution in [3.63, 3.8) is 0 Å². The first-order valence-electron chi connectivity index (χ1n) is 6.70. The number of benzene rings is 2. The van der Waals surface area contributed by atoms with Gasteiger partial charge in [0.25, 0.3) is 5.91 Å². The molecule has 0 fully saturated rings. The van der Waals surface area contributed by atoms with Crippen LogP contribution in [0, 0.1) is 0 Å². The first kappa shape index (κ1) is 14.7. The van der Waals surface area contributed by atoms with Crippen molar-refractivity contribution >= 4 is 11.6 Å². The van der Waals surface area contributed by atoms with E-state index in [2.05, 4.69) is 17.2 Å². The third-order valence-corrected chi connectivity index (χ3v) is 3.03. The van der Waals surface area contributed by atoms with E-state index in [9.17, 15) is 9.90 Å². The monoisotopic (exact) mass is 282 g/mol. The van der Waals surface area contributed by atoms with Gasteiger partial charge in [-0.1, -0.05) is 24.3 Å². The Morgan fingerprint density at radius 3 is 2.52 bits per heavy atom. The van der Waals surface area contributed by atoms with Crippen LogP contribution in [0.2, 0.25) is 0 Å². The van der Waals surface area contributed by atoms with E-state index < -0.39 is 0 Å². The van der Waals surface area contributed by atoms with Crippen LogP contribution >= 0.6 is 0 Å². The SMILES string of the molecule is C=CCNC(=O)c1ccc(NCc2ccccc2O)cc1. The first-order chi connectivity index (χ1) is 10.2. The van der Waals surface area contributed by atoms with Crippen LogP contribution in [0.5, 0.6) is 5.75 Å². The molecule has 0 saturated heterocycles. The fourth-order valence-electron chi connectivity index (χ4n) is 1.86. The van der Waals surface area contributed by atoms with Crippen LogP contribution in [0.25, 0.3) is 0 Å². The Morgan fingerprint density at radius 2 is 1.86 bits per heavy atom. The summed E-state index contributed by atoms with van der Waals surface area (Å²) in [7, 11) is 0. The van der Waals surface area contributed by atoms with Crippen molar-refractivity contribution in [1.29, 1.82) is 0 Å². The van der Waals surface area contributed by atoms with Crippen molar-refractivity contribution in [2.75, 3.05) is 11.9 Å². The molecule has 0 heterocycles. The Bertz CT molecular complexity index is 621. The fourth-order valence-corrected chi connectivity index (χ4v) is 1.86. The van der Waals surface area contributed by atoms with E-state index >= 15 is 0 Å². The predicted octanol–water partition coefficient (Wildman–Crippen LogP) is 2.92. The molecule has 0 aliphatic carbocycles. The van der Waals surface area contributed by atoms with Gasteiger partial charge in [-0.05, 0) is 30.3 Å². The second-order valence-electron chi connectivity index (χ2n) is 4.56. The third-order valence-electron chi connectivity index (χ3n) is 3.03. The summed E-state index contributed by atoms with van der Waals surface area (Å²) in [6.45, 7) is 4.53. The van der Waals surface area contributed by atoms with E-state index in [0.29, 0.717) is 18.7 Å². The molecule has 0 aliphatic rings. The standard InChI is InChI=1S/C17H18N2O2/c1-2-11-18-17(21)13-7-9-15(10-8-13)19-12-14-5-3-4-6-16(14)20/h2-10,19-20H,1,11-12H2,(H,18,21). The van der Waals surface area contributed by atoms with Crippen LogP contribution < -0.4 is 10.6 Å².